The molecule has 1 aliphatic carbocycles. The van der Waals surface area contributed by atoms with Crippen molar-refractivity contribution in [1.29, 1.82) is 0 Å². The van der Waals surface area contributed by atoms with E-state index in [0.29, 0.717) is 12.8 Å². The van der Waals surface area contributed by atoms with Crippen molar-refractivity contribution in [3.63, 3.8) is 0 Å². The molecule has 1 amide bonds. The van der Waals surface area contributed by atoms with Crippen LogP contribution in [0.3, 0.4) is 0 Å². The van der Waals surface area contributed by atoms with Gasteiger partial charge in [-0.1, -0.05) is 42.0 Å². The molecule has 0 saturated carbocycles. The van der Waals surface area contributed by atoms with E-state index in [9.17, 15) is 14.7 Å². The van der Waals surface area contributed by atoms with Crippen molar-refractivity contribution in [3.8, 4) is 0 Å². The summed E-state index contributed by atoms with van der Waals surface area (Å²) in [5, 5.41) is 12.2. The molecule has 0 unspecified atom stereocenters. The third-order valence-corrected chi connectivity index (χ3v) is 4.02. The number of carboxylic acids is 1. The Morgan fingerprint density at radius 3 is 2.29 bits per heavy atom. The number of carboxylic acid groups (broad SMARTS) is 1. The van der Waals surface area contributed by atoms with Crippen LogP contribution >= 0.6 is 0 Å². The Hall–Kier alpha value is -2.10. The number of allylic oxidation sites excluding steroid dienone is 2. The first-order valence-electron chi connectivity index (χ1n) is 7.23. The minimum Gasteiger partial charge on any atom is -0.481 e. The number of carbonyl (C=O) groups is 2. The van der Waals surface area contributed by atoms with Gasteiger partial charge in [0.15, 0.2) is 0 Å². The van der Waals surface area contributed by atoms with Gasteiger partial charge in [0.1, 0.15) is 0 Å². The van der Waals surface area contributed by atoms with E-state index in [2.05, 4.69) is 5.32 Å². The predicted octanol–water partition coefficient (Wildman–Crippen LogP) is 2.84. The molecule has 0 radical (unpaired) electrons. The second-order valence-electron chi connectivity index (χ2n) is 5.63. The lowest BCUT2D eigenvalue weighted by Crippen LogP contribution is -2.39. The van der Waals surface area contributed by atoms with E-state index in [4.69, 9.17) is 0 Å². The highest BCUT2D eigenvalue weighted by Crippen LogP contribution is 2.27. The Bertz CT molecular complexity index is 548. The number of carbonyl (C=O) groups excluding carboxylic acids is 1. The van der Waals surface area contributed by atoms with E-state index >= 15 is 0 Å². The number of aryl methyl sites for hydroxylation is 1. The van der Waals surface area contributed by atoms with Crippen LogP contribution in [0.2, 0.25) is 0 Å². The smallest absolute Gasteiger partial charge is 0.307 e. The monoisotopic (exact) mass is 287 g/mol. The molecule has 3 atom stereocenters. The van der Waals surface area contributed by atoms with E-state index in [1.165, 1.54) is 5.56 Å². The van der Waals surface area contributed by atoms with Crippen molar-refractivity contribution >= 4 is 11.9 Å². The molecule has 1 aliphatic rings. The number of amides is 1. The lowest BCUT2D eigenvalue weighted by atomic mass is 9.82. The van der Waals surface area contributed by atoms with Crippen LogP contribution in [0.4, 0.5) is 0 Å². The summed E-state index contributed by atoms with van der Waals surface area (Å²) in [5.41, 5.74) is 2.19. The maximum atomic E-state index is 12.4. The lowest BCUT2D eigenvalue weighted by Gasteiger charge is -2.26. The number of nitrogens with one attached hydrogen (secondary N) is 1. The van der Waals surface area contributed by atoms with E-state index < -0.39 is 17.8 Å². The summed E-state index contributed by atoms with van der Waals surface area (Å²) in [5.74, 6) is -2.19. The minimum atomic E-state index is -0.900. The summed E-state index contributed by atoms with van der Waals surface area (Å²) in [6.45, 7) is 3.93. The molecule has 1 aromatic carbocycles. The molecule has 4 nitrogen and oxygen atoms in total. The fourth-order valence-corrected chi connectivity index (χ4v) is 2.64. The third kappa shape index (κ3) is 3.72. The molecule has 0 fully saturated rings. The molecule has 1 aromatic rings. The highest BCUT2D eigenvalue weighted by Gasteiger charge is 2.34. The molecular formula is C17H21NO3. The third-order valence-electron chi connectivity index (χ3n) is 4.02. The van der Waals surface area contributed by atoms with Crippen molar-refractivity contribution in [3.05, 3.63) is 47.5 Å². The standard InChI is InChI=1S/C17H21NO3/c1-11-7-9-13(10-8-11)12(2)18-16(19)14-5-3-4-6-15(14)17(20)21/h3-4,7-10,12,14-15H,5-6H2,1-2H3,(H,18,19)(H,20,21)/t12-,14+,15+/m1/s1. The second-order valence-corrected chi connectivity index (χ2v) is 5.63. The van der Waals surface area contributed by atoms with Crippen LogP contribution in [0.15, 0.2) is 36.4 Å². The van der Waals surface area contributed by atoms with Gasteiger partial charge in [-0.25, -0.2) is 0 Å². The number of hydrogen-bond acceptors (Lipinski definition) is 2. The average molecular weight is 287 g/mol. The predicted molar refractivity (Wildman–Crippen MR) is 80.7 cm³/mol. The van der Waals surface area contributed by atoms with Gasteiger partial charge < -0.3 is 10.4 Å². The molecule has 2 N–H and O–H groups in total. The van der Waals surface area contributed by atoms with Gasteiger partial charge in [0, 0.05) is 0 Å². The van der Waals surface area contributed by atoms with Crippen LogP contribution in [0.25, 0.3) is 0 Å². The molecule has 0 aromatic heterocycles. The first kappa shape index (κ1) is 15.3. The summed E-state index contributed by atoms with van der Waals surface area (Å²) in [6, 6.07) is 7.84. The van der Waals surface area contributed by atoms with Gasteiger partial charge in [0.2, 0.25) is 5.91 Å². The van der Waals surface area contributed by atoms with Crippen LogP contribution in [-0.2, 0) is 9.59 Å². The maximum Gasteiger partial charge on any atom is 0.307 e. The van der Waals surface area contributed by atoms with Crippen LogP contribution in [-0.4, -0.2) is 17.0 Å². The normalized spacial score (nSPS) is 22.6. The van der Waals surface area contributed by atoms with Crippen LogP contribution in [0.1, 0.15) is 36.9 Å². The van der Waals surface area contributed by atoms with Gasteiger partial charge >= 0.3 is 5.97 Å². The zero-order valence-electron chi connectivity index (χ0n) is 12.4. The first-order chi connectivity index (χ1) is 9.99. The lowest BCUT2D eigenvalue weighted by molar-refractivity contribution is -0.147. The van der Waals surface area contributed by atoms with Crippen LogP contribution in [0, 0.1) is 18.8 Å². The molecule has 0 bridgehead atoms. The van der Waals surface area contributed by atoms with Gasteiger partial charge in [-0.05, 0) is 32.3 Å². The van der Waals surface area contributed by atoms with Gasteiger partial charge in [-0.2, -0.15) is 0 Å². The fourth-order valence-electron chi connectivity index (χ4n) is 2.64. The van der Waals surface area contributed by atoms with Crippen molar-refractivity contribution in [1.82, 2.24) is 5.32 Å². The van der Waals surface area contributed by atoms with E-state index in [1.807, 2.05) is 50.3 Å². The SMILES string of the molecule is Cc1ccc([C@@H](C)NC(=O)[C@H]2CC=CC[C@@H]2C(=O)O)cc1. The number of aliphatic carboxylic acids is 1. The van der Waals surface area contributed by atoms with Gasteiger partial charge in [-0.15, -0.1) is 0 Å². The van der Waals surface area contributed by atoms with Crippen molar-refractivity contribution < 1.29 is 14.7 Å². The Labute approximate surface area is 124 Å². The van der Waals surface area contributed by atoms with Crippen molar-refractivity contribution in [2.75, 3.05) is 0 Å². The van der Waals surface area contributed by atoms with E-state index in [-0.39, 0.29) is 11.9 Å². The Morgan fingerprint density at radius 1 is 1.14 bits per heavy atom. The molecule has 4 heteroatoms. The largest absolute Gasteiger partial charge is 0.481 e. The molecular weight excluding hydrogens is 266 g/mol. The van der Waals surface area contributed by atoms with E-state index in [0.717, 1.165) is 5.56 Å². The minimum absolute atomic E-state index is 0.126. The Balaban J connectivity index is 2.04. The first-order valence-corrected chi connectivity index (χ1v) is 7.23. The number of benzene rings is 1. The average Bonchev–Trinajstić information content (AvgIpc) is 2.47. The molecule has 21 heavy (non-hydrogen) atoms. The quantitative estimate of drug-likeness (QED) is 0.837. The molecule has 0 aliphatic heterocycles. The topological polar surface area (TPSA) is 66.4 Å². The highest BCUT2D eigenvalue weighted by atomic mass is 16.4. The number of hydrogen-bond donors (Lipinski definition) is 2. The van der Waals surface area contributed by atoms with Gasteiger partial charge in [-0.3, -0.25) is 9.59 Å². The van der Waals surface area contributed by atoms with E-state index in [1.54, 1.807) is 0 Å². The maximum absolute atomic E-state index is 12.4. The molecule has 2 rings (SSSR count). The van der Waals surface area contributed by atoms with Gasteiger partial charge in [0.05, 0.1) is 17.9 Å². The Morgan fingerprint density at radius 2 is 1.71 bits per heavy atom. The molecule has 112 valence electrons. The summed E-state index contributed by atoms with van der Waals surface area (Å²) in [6.07, 6.45) is 4.64. The molecule has 0 spiro atoms. The summed E-state index contributed by atoms with van der Waals surface area (Å²) in [4.78, 5) is 23.6. The van der Waals surface area contributed by atoms with Crippen molar-refractivity contribution in [2.45, 2.75) is 32.7 Å². The van der Waals surface area contributed by atoms with Crippen LogP contribution < -0.4 is 5.32 Å². The zero-order valence-corrected chi connectivity index (χ0v) is 12.4. The van der Waals surface area contributed by atoms with Gasteiger partial charge in [0.25, 0.3) is 0 Å². The summed E-state index contributed by atoms with van der Waals surface area (Å²) >= 11 is 0. The zero-order chi connectivity index (χ0) is 15.4. The van der Waals surface area contributed by atoms with Crippen LogP contribution in [0.5, 0.6) is 0 Å². The highest BCUT2D eigenvalue weighted by molar-refractivity contribution is 5.85. The van der Waals surface area contributed by atoms with Crippen molar-refractivity contribution in [2.24, 2.45) is 11.8 Å². The summed E-state index contributed by atoms with van der Waals surface area (Å²) in [7, 11) is 0. The second kappa shape index (κ2) is 6.57. The summed E-state index contributed by atoms with van der Waals surface area (Å²) < 4.78 is 0. The Kier molecular flexibility index (Phi) is 4.78. The fraction of sp³-hybridized carbons (Fsp3) is 0.412. The molecule has 0 heterocycles. The molecule has 0 saturated heterocycles. The number of rotatable bonds is 4.